The number of hydrogen-bond donors (Lipinski definition) is 1. The van der Waals surface area contributed by atoms with E-state index in [4.69, 9.17) is 0 Å². The van der Waals surface area contributed by atoms with Gasteiger partial charge in [0.25, 0.3) is 0 Å². The van der Waals surface area contributed by atoms with Gasteiger partial charge in [0.1, 0.15) is 0 Å². The van der Waals surface area contributed by atoms with Crippen LogP contribution in [0.4, 0.5) is 0 Å². The average molecular weight is 217 g/mol. The van der Waals surface area contributed by atoms with E-state index in [0.29, 0.717) is 0 Å². The van der Waals surface area contributed by atoms with Crippen molar-refractivity contribution in [3.63, 3.8) is 0 Å². The fourth-order valence-electron chi connectivity index (χ4n) is 0.759. The van der Waals surface area contributed by atoms with Crippen LogP contribution in [-0.4, -0.2) is 24.6 Å². The molecule has 0 aromatic carbocycles. The standard InChI is InChI=1S/C8H20N2.2ClH/c1-5-10(6-2)9-7-8(3)4;;/h8-9H,5-7H2,1-4H3;2*1H. The zero-order valence-electron chi connectivity index (χ0n) is 8.46. The molecule has 0 spiro atoms. The molecule has 0 saturated heterocycles. The number of rotatable bonds is 5. The third-order valence-corrected chi connectivity index (χ3v) is 1.49. The van der Waals surface area contributed by atoms with Crippen molar-refractivity contribution in [3.05, 3.63) is 0 Å². The van der Waals surface area contributed by atoms with Crippen LogP contribution in [0, 0.1) is 5.92 Å². The van der Waals surface area contributed by atoms with Gasteiger partial charge >= 0.3 is 0 Å². The Bertz CT molecular complexity index is 75.5. The Morgan fingerprint density at radius 2 is 1.50 bits per heavy atom. The highest BCUT2D eigenvalue weighted by atomic mass is 35.5. The first kappa shape index (κ1) is 18.3. The van der Waals surface area contributed by atoms with Crippen molar-refractivity contribution in [2.45, 2.75) is 27.7 Å². The van der Waals surface area contributed by atoms with Crippen LogP contribution >= 0.6 is 24.8 Å². The Morgan fingerprint density at radius 1 is 1.08 bits per heavy atom. The molecule has 0 saturated carbocycles. The van der Waals surface area contributed by atoms with Crippen LogP contribution in [0.3, 0.4) is 0 Å². The van der Waals surface area contributed by atoms with Gasteiger partial charge in [0.05, 0.1) is 0 Å². The van der Waals surface area contributed by atoms with Gasteiger partial charge in [-0.05, 0) is 5.92 Å². The van der Waals surface area contributed by atoms with E-state index in [0.717, 1.165) is 25.6 Å². The van der Waals surface area contributed by atoms with Gasteiger partial charge in [-0.3, -0.25) is 5.43 Å². The lowest BCUT2D eigenvalue weighted by atomic mass is 10.2. The fourth-order valence-corrected chi connectivity index (χ4v) is 0.759. The lowest BCUT2D eigenvalue weighted by Gasteiger charge is -2.20. The zero-order chi connectivity index (χ0) is 7.98. The monoisotopic (exact) mass is 216 g/mol. The highest BCUT2D eigenvalue weighted by Gasteiger charge is 1.97. The summed E-state index contributed by atoms with van der Waals surface area (Å²) in [5, 5.41) is 2.22. The van der Waals surface area contributed by atoms with Gasteiger partial charge in [0, 0.05) is 19.6 Å². The van der Waals surface area contributed by atoms with E-state index < -0.39 is 0 Å². The quantitative estimate of drug-likeness (QED) is 0.711. The van der Waals surface area contributed by atoms with Crippen LogP contribution in [0.25, 0.3) is 0 Å². The molecule has 0 aliphatic rings. The minimum absolute atomic E-state index is 0. The first-order valence-electron chi connectivity index (χ1n) is 4.19. The summed E-state index contributed by atoms with van der Waals surface area (Å²) in [6, 6.07) is 0. The molecule has 0 aromatic heterocycles. The predicted molar refractivity (Wildman–Crippen MR) is 60.3 cm³/mol. The number of halogens is 2. The molecule has 0 bridgehead atoms. The molecule has 12 heavy (non-hydrogen) atoms. The van der Waals surface area contributed by atoms with Crippen molar-refractivity contribution in [1.82, 2.24) is 10.4 Å². The van der Waals surface area contributed by atoms with Crippen molar-refractivity contribution in [2.24, 2.45) is 5.92 Å². The van der Waals surface area contributed by atoms with Crippen LogP contribution in [0.15, 0.2) is 0 Å². The molecule has 4 heteroatoms. The van der Waals surface area contributed by atoms with E-state index in [-0.39, 0.29) is 24.8 Å². The van der Waals surface area contributed by atoms with Gasteiger partial charge in [-0.25, -0.2) is 5.01 Å². The summed E-state index contributed by atoms with van der Waals surface area (Å²) in [4.78, 5) is 0. The van der Waals surface area contributed by atoms with E-state index in [9.17, 15) is 0 Å². The van der Waals surface area contributed by atoms with Crippen molar-refractivity contribution in [2.75, 3.05) is 19.6 Å². The highest BCUT2D eigenvalue weighted by molar-refractivity contribution is 5.85. The van der Waals surface area contributed by atoms with Crippen molar-refractivity contribution in [1.29, 1.82) is 0 Å². The molecule has 0 heterocycles. The Balaban J connectivity index is -0.000000405. The van der Waals surface area contributed by atoms with Crippen molar-refractivity contribution >= 4 is 24.8 Å². The van der Waals surface area contributed by atoms with E-state index in [1.165, 1.54) is 0 Å². The van der Waals surface area contributed by atoms with E-state index >= 15 is 0 Å². The molecule has 0 amide bonds. The Hall–Kier alpha value is 0.500. The first-order valence-corrected chi connectivity index (χ1v) is 4.19. The Labute approximate surface area is 88.9 Å². The second-order valence-electron chi connectivity index (χ2n) is 2.93. The lowest BCUT2D eigenvalue weighted by molar-refractivity contribution is 0.198. The minimum atomic E-state index is 0. The van der Waals surface area contributed by atoms with Crippen LogP contribution in [0.1, 0.15) is 27.7 Å². The normalized spacial score (nSPS) is 9.50. The summed E-state index contributed by atoms with van der Waals surface area (Å²) in [5.41, 5.74) is 3.35. The summed E-state index contributed by atoms with van der Waals surface area (Å²) in [6.45, 7) is 12.0. The summed E-state index contributed by atoms with van der Waals surface area (Å²) in [6.07, 6.45) is 0. The second kappa shape index (κ2) is 11.5. The van der Waals surface area contributed by atoms with Gasteiger partial charge in [-0.2, -0.15) is 0 Å². The molecular formula is C8H22Cl2N2. The summed E-state index contributed by atoms with van der Waals surface area (Å²) in [7, 11) is 0. The molecule has 78 valence electrons. The molecular weight excluding hydrogens is 195 g/mol. The molecule has 0 fully saturated rings. The van der Waals surface area contributed by atoms with Gasteiger partial charge in [-0.15, -0.1) is 24.8 Å². The van der Waals surface area contributed by atoms with Gasteiger partial charge < -0.3 is 0 Å². The smallest absolute Gasteiger partial charge is 0.0125 e. The predicted octanol–water partition coefficient (Wildman–Crippen LogP) is 2.33. The summed E-state index contributed by atoms with van der Waals surface area (Å²) in [5.74, 6) is 0.737. The molecule has 2 nitrogen and oxygen atoms in total. The Morgan fingerprint density at radius 3 is 1.75 bits per heavy atom. The van der Waals surface area contributed by atoms with E-state index in [1.54, 1.807) is 0 Å². The number of nitrogens with zero attached hydrogens (tertiary/aromatic N) is 1. The number of hydrogen-bond acceptors (Lipinski definition) is 2. The van der Waals surface area contributed by atoms with Crippen molar-refractivity contribution in [3.8, 4) is 0 Å². The van der Waals surface area contributed by atoms with E-state index in [1.807, 2.05) is 0 Å². The summed E-state index contributed by atoms with van der Waals surface area (Å²) >= 11 is 0. The first-order chi connectivity index (χ1) is 4.70. The number of nitrogens with one attached hydrogen (secondary N) is 1. The minimum Gasteiger partial charge on any atom is -0.255 e. The van der Waals surface area contributed by atoms with Crippen LogP contribution in [-0.2, 0) is 0 Å². The SMILES string of the molecule is CCN(CC)NCC(C)C.Cl.Cl. The lowest BCUT2D eigenvalue weighted by Crippen LogP contribution is -2.39. The molecule has 0 aliphatic carbocycles. The highest BCUT2D eigenvalue weighted by Crippen LogP contribution is 1.88. The molecule has 0 atom stereocenters. The van der Waals surface area contributed by atoms with Crippen LogP contribution in [0.5, 0.6) is 0 Å². The van der Waals surface area contributed by atoms with Gasteiger partial charge in [0.2, 0.25) is 0 Å². The maximum Gasteiger partial charge on any atom is 0.0125 e. The van der Waals surface area contributed by atoms with Crippen LogP contribution < -0.4 is 5.43 Å². The molecule has 1 N–H and O–H groups in total. The zero-order valence-corrected chi connectivity index (χ0v) is 10.1. The summed E-state index contributed by atoms with van der Waals surface area (Å²) < 4.78 is 0. The molecule has 0 rings (SSSR count). The largest absolute Gasteiger partial charge is 0.255 e. The topological polar surface area (TPSA) is 15.3 Å². The third kappa shape index (κ3) is 10.5. The van der Waals surface area contributed by atoms with Gasteiger partial charge in [-0.1, -0.05) is 27.7 Å². The maximum atomic E-state index is 3.35. The molecule has 0 aliphatic heterocycles. The third-order valence-electron chi connectivity index (χ3n) is 1.49. The fraction of sp³-hybridized carbons (Fsp3) is 1.00. The Kier molecular flexibility index (Phi) is 17.6. The molecule has 0 aromatic rings. The molecule has 0 radical (unpaired) electrons. The van der Waals surface area contributed by atoms with E-state index in [2.05, 4.69) is 38.1 Å². The van der Waals surface area contributed by atoms with Crippen molar-refractivity contribution < 1.29 is 0 Å². The van der Waals surface area contributed by atoms with Gasteiger partial charge in [0.15, 0.2) is 0 Å². The maximum absolute atomic E-state index is 3.35. The van der Waals surface area contributed by atoms with Crippen LogP contribution in [0.2, 0.25) is 0 Å². The second-order valence-corrected chi connectivity index (χ2v) is 2.93. The molecule has 0 unspecified atom stereocenters. The number of hydrazine groups is 1. The average Bonchev–Trinajstić information content (AvgIpc) is 1.90.